The van der Waals surface area contributed by atoms with E-state index in [9.17, 15) is 0 Å². The summed E-state index contributed by atoms with van der Waals surface area (Å²) in [7, 11) is 0. The highest BCUT2D eigenvalue weighted by molar-refractivity contribution is 4.92. The second kappa shape index (κ2) is 24.7. The number of rotatable bonds is 23. The minimum absolute atomic E-state index is 0.448. The monoisotopic (exact) mass is 419 g/mol. The third-order valence-corrected chi connectivity index (χ3v) is 6.13. The van der Waals surface area contributed by atoms with Crippen LogP contribution in [0.3, 0.4) is 0 Å². The summed E-state index contributed by atoms with van der Waals surface area (Å²) in [5.41, 5.74) is 6.31. The lowest BCUT2D eigenvalue weighted by Crippen LogP contribution is -2.19. The summed E-state index contributed by atoms with van der Waals surface area (Å²) in [6.45, 7) is 6.92. The first-order chi connectivity index (χ1) is 14.7. The molecule has 0 fully saturated rings. The standard InChI is InChI=1S/C29H57N/c1-4-5-6-7-8-9-10-11-12-13-14-15-16-20-23-26-29(30)27-24-21-18-17-19-22-25-28(2)3/h8-9,11-12,28-29H,4-7,10,13-27,30H2,1-3H3/b9-8+,12-11+. The Morgan fingerprint density at radius 1 is 0.533 bits per heavy atom. The third kappa shape index (κ3) is 25.5. The van der Waals surface area contributed by atoms with Gasteiger partial charge in [-0.3, -0.25) is 0 Å². The first-order valence-electron chi connectivity index (χ1n) is 13.7. The van der Waals surface area contributed by atoms with E-state index in [4.69, 9.17) is 5.73 Å². The molecule has 0 bridgehead atoms. The Hall–Kier alpha value is -0.560. The molecule has 0 amide bonds. The van der Waals surface area contributed by atoms with Gasteiger partial charge in [0.1, 0.15) is 0 Å². The molecule has 0 saturated carbocycles. The Bertz CT molecular complexity index is 369. The van der Waals surface area contributed by atoms with Gasteiger partial charge in [0, 0.05) is 6.04 Å². The molecule has 0 rings (SSSR count). The second-order valence-electron chi connectivity index (χ2n) is 9.87. The molecule has 1 unspecified atom stereocenters. The molecule has 0 aromatic rings. The largest absolute Gasteiger partial charge is 0.328 e. The Kier molecular flexibility index (Phi) is 24.2. The van der Waals surface area contributed by atoms with Crippen molar-refractivity contribution in [3.8, 4) is 0 Å². The van der Waals surface area contributed by atoms with E-state index in [2.05, 4.69) is 45.1 Å². The molecular formula is C29H57N. The molecule has 0 spiro atoms. The van der Waals surface area contributed by atoms with Gasteiger partial charge in [-0.05, 0) is 50.9 Å². The fourth-order valence-electron chi connectivity index (χ4n) is 4.03. The minimum atomic E-state index is 0.448. The van der Waals surface area contributed by atoms with E-state index in [0.717, 1.165) is 12.3 Å². The van der Waals surface area contributed by atoms with Crippen LogP contribution in [0.25, 0.3) is 0 Å². The van der Waals surface area contributed by atoms with Crippen LogP contribution in [0, 0.1) is 5.92 Å². The maximum Gasteiger partial charge on any atom is 0.00388 e. The molecule has 178 valence electrons. The number of hydrogen-bond donors (Lipinski definition) is 1. The van der Waals surface area contributed by atoms with Crippen LogP contribution in [-0.4, -0.2) is 6.04 Å². The molecule has 0 aromatic heterocycles. The molecule has 0 aliphatic carbocycles. The number of allylic oxidation sites excluding steroid dienone is 4. The molecular weight excluding hydrogens is 362 g/mol. The molecule has 0 aliphatic rings. The Labute approximate surface area is 191 Å². The van der Waals surface area contributed by atoms with E-state index in [-0.39, 0.29) is 0 Å². The predicted molar refractivity (Wildman–Crippen MR) is 139 cm³/mol. The molecule has 0 aromatic carbocycles. The summed E-state index contributed by atoms with van der Waals surface area (Å²) in [5, 5.41) is 0. The van der Waals surface area contributed by atoms with Crippen molar-refractivity contribution in [2.75, 3.05) is 0 Å². The minimum Gasteiger partial charge on any atom is -0.328 e. The quantitative estimate of drug-likeness (QED) is 0.129. The molecule has 0 radical (unpaired) electrons. The lowest BCUT2D eigenvalue weighted by Gasteiger charge is -2.11. The van der Waals surface area contributed by atoms with Crippen LogP contribution in [-0.2, 0) is 0 Å². The van der Waals surface area contributed by atoms with Gasteiger partial charge < -0.3 is 5.73 Å². The fraction of sp³-hybridized carbons (Fsp3) is 0.862. The molecule has 2 N–H and O–H groups in total. The van der Waals surface area contributed by atoms with Gasteiger partial charge in [0.25, 0.3) is 0 Å². The van der Waals surface area contributed by atoms with Gasteiger partial charge in [-0.25, -0.2) is 0 Å². The lowest BCUT2D eigenvalue weighted by atomic mass is 10.00. The van der Waals surface area contributed by atoms with Gasteiger partial charge in [0.05, 0.1) is 0 Å². The Morgan fingerprint density at radius 3 is 1.47 bits per heavy atom. The zero-order valence-corrected chi connectivity index (χ0v) is 21.2. The molecule has 1 nitrogen and oxygen atoms in total. The molecule has 1 atom stereocenters. The van der Waals surface area contributed by atoms with Crippen LogP contribution in [0.1, 0.15) is 149 Å². The van der Waals surface area contributed by atoms with Gasteiger partial charge in [0.15, 0.2) is 0 Å². The zero-order valence-electron chi connectivity index (χ0n) is 21.2. The van der Waals surface area contributed by atoms with Gasteiger partial charge in [-0.2, -0.15) is 0 Å². The normalized spacial score (nSPS) is 13.2. The molecule has 0 aliphatic heterocycles. The summed E-state index contributed by atoms with van der Waals surface area (Å²) in [4.78, 5) is 0. The van der Waals surface area contributed by atoms with Crippen molar-refractivity contribution in [3.05, 3.63) is 24.3 Å². The van der Waals surface area contributed by atoms with Crippen LogP contribution < -0.4 is 5.73 Å². The molecule has 1 heteroatoms. The summed E-state index contributed by atoms with van der Waals surface area (Å²) in [5.74, 6) is 0.872. The average Bonchev–Trinajstić information content (AvgIpc) is 2.72. The van der Waals surface area contributed by atoms with Crippen molar-refractivity contribution in [3.63, 3.8) is 0 Å². The second-order valence-corrected chi connectivity index (χ2v) is 9.87. The van der Waals surface area contributed by atoms with Gasteiger partial charge in [-0.1, -0.05) is 129 Å². The van der Waals surface area contributed by atoms with Gasteiger partial charge in [-0.15, -0.1) is 0 Å². The van der Waals surface area contributed by atoms with Crippen LogP contribution in [0.4, 0.5) is 0 Å². The number of nitrogens with two attached hydrogens (primary N) is 1. The highest BCUT2D eigenvalue weighted by Gasteiger charge is 2.02. The van der Waals surface area contributed by atoms with Crippen molar-refractivity contribution in [2.24, 2.45) is 11.7 Å². The van der Waals surface area contributed by atoms with Crippen molar-refractivity contribution in [1.29, 1.82) is 0 Å². The van der Waals surface area contributed by atoms with Gasteiger partial charge >= 0.3 is 0 Å². The third-order valence-electron chi connectivity index (χ3n) is 6.13. The summed E-state index contributed by atoms with van der Waals surface area (Å²) < 4.78 is 0. The number of hydrogen-bond acceptors (Lipinski definition) is 1. The smallest absolute Gasteiger partial charge is 0.00388 e. The van der Waals surface area contributed by atoms with Crippen LogP contribution in [0.2, 0.25) is 0 Å². The van der Waals surface area contributed by atoms with Crippen LogP contribution in [0.15, 0.2) is 24.3 Å². The van der Waals surface area contributed by atoms with E-state index in [0.29, 0.717) is 6.04 Å². The Balaban J connectivity index is 3.26. The van der Waals surface area contributed by atoms with E-state index in [1.807, 2.05) is 0 Å². The van der Waals surface area contributed by atoms with E-state index in [1.165, 1.54) is 122 Å². The highest BCUT2D eigenvalue weighted by atomic mass is 14.6. The molecule has 0 heterocycles. The molecule has 30 heavy (non-hydrogen) atoms. The number of unbranched alkanes of at least 4 members (excludes halogenated alkanes) is 13. The summed E-state index contributed by atoms with van der Waals surface area (Å²) in [6, 6.07) is 0.448. The van der Waals surface area contributed by atoms with E-state index >= 15 is 0 Å². The van der Waals surface area contributed by atoms with Crippen LogP contribution in [0.5, 0.6) is 0 Å². The Morgan fingerprint density at radius 2 is 0.967 bits per heavy atom. The first kappa shape index (κ1) is 29.4. The first-order valence-corrected chi connectivity index (χ1v) is 13.7. The van der Waals surface area contributed by atoms with E-state index < -0.39 is 0 Å². The summed E-state index contributed by atoms with van der Waals surface area (Å²) in [6.07, 6.45) is 36.1. The van der Waals surface area contributed by atoms with Crippen molar-refractivity contribution in [1.82, 2.24) is 0 Å². The topological polar surface area (TPSA) is 26.0 Å². The maximum atomic E-state index is 6.31. The maximum absolute atomic E-state index is 6.31. The zero-order chi connectivity index (χ0) is 22.1. The SMILES string of the molecule is CCCCC/C=C/C/C=C/CCCCCCCC(N)CCCCCCCCC(C)C. The van der Waals surface area contributed by atoms with Gasteiger partial charge in [0.2, 0.25) is 0 Å². The summed E-state index contributed by atoms with van der Waals surface area (Å²) >= 11 is 0. The van der Waals surface area contributed by atoms with Crippen molar-refractivity contribution in [2.45, 2.75) is 155 Å². The van der Waals surface area contributed by atoms with Crippen LogP contribution >= 0.6 is 0 Å². The fourth-order valence-corrected chi connectivity index (χ4v) is 4.03. The lowest BCUT2D eigenvalue weighted by molar-refractivity contribution is 0.476. The van der Waals surface area contributed by atoms with Crippen molar-refractivity contribution < 1.29 is 0 Å². The highest BCUT2D eigenvalue weighted by Crippen LogP contribution is 2.14. The van der Waals surface area contributed by atoms with E-state index in [1.54, 1.807) is 0 Å². The predicted octanol–water partition coefficient (Wildman–Crippen LogP) is 9.90. The molecule has 0 saturated heterocycles. The van der Waals surface area contributed by atoms with Crippen molar-refractivity contribution >= 4 is 0 Å². The average molecular weight is 420 g/mol.